The molecule has 0 amide bonds. The number of aliphatic imine (C=N–C) groups is 2. The third kappa shape index (κ3) is 3.39. The lowest BCUT2D eigenvalue weighted by Crippen LogP contribution is -2.13. The second kappa shape index (κ2) is 7.44. The Morgan fingerprint density at radius 1 is 0.741 bits per heavy atom. The molecule has 9 heteroatoms. The Bertz CT molecular complexity index is 1080. The van der Waals surface area contributed by atoms with Crippen LogP contribution in [-0.2, 0) is 0 Å². The van der Waals surface area contributed by atoms with Gasteiger partial charge in [0.05, 0.1) is 31.2 Å². The zero-order valence-electron chi connectivity index (χ0n) is 13.4. The number of hydrogen-bond donors (Lipinski definition) is 1. The third-order valence-electron chi connectivity index (χ3n) is 3.73. The molecule has 0 atom stereocenters. The van der Waals surface area contributed by atoms with E-state index in [-0.39, 0.29) is 20.1 Å². The van der Waals surface area contributed by atoms with Crippen LogP contribution < -0.4 is 5.32 Å². The molecule has 0 saturated heterocycles. The number of nitrogens with one attached hydrogen (secondary N) is 1. The van der Waals surface area contributed by atoms with Gasteiger partial charge in [-0.25, -0.2) is 20.0 Å². The molecule has 4 rings (SSSR count). The van der Waals surface area contributed by atoms with Gasteiger partial charge in [0, 0.05) is 12.4 Å². The molecule has 0 bridgehead atoms. The van der Waals surface area contributed by atoms with Gasteiger partial charge in [0.2, 0.25) is 0 Å². The molecule has 3 heterocycles. The molecule has 0 saturated carbocycles. The van der Waals surface area contributed by atoms with Crippen molar-refractivity contribution in [1.82, 2.24) is 9.97 Å². The quantitative estimate of drug-likeness (QED) is 0.393. The summed E-state index contributed by atoms with van der Waals surface area (Å²) >= 11 is 25.4. The second-order valence-corrected chi connectivity index (χ2v) is 6.94. The van der Waals surface area contributed by atoms with Crippen molar-refractivity contribution in [3.05, 3.63) is 80.0 Å². The number of aromatic nitrogens is 2. The summed E-state index contributed by atoms with van der Waals surface area (Å²) < 4.78 is 0. The van der Waals surface area contributed by atoms with Crippen molar-refractivity contribution in [3.8, 4) is 0 Å². The SMILES string of the molecule is Clc1c(Cl)c(Cl)c2c(c1Cl)C(Nc1ccccn1)=N/C2=N\c1ccccn1. The lowest BCUT2D eigenvalue weighted by atomic mass is 10.1. The number of rotatable bonds is 2. The number of hydrogen-bond acceptors (Lipinski definition) is 4. The molecule has 27 heavy (non-hydrogen) atoms. The minimum absolute atomic E-state index is 0.144. The minimum Gasteiger partial charge on any atom is -0.324 e. The van der Waals surface area contributed by atoms with Crippen LogP contribution in [0.1, 0.15) is 11.1 Å². The molecule has 5 nitrogen and oxygen atoms in total. The Morgan fingerprint density at radius 2 is 1.41 bits per heavy atom. The molecule has 3 aromatic rings. The highest BCUT2D eigenvalue weighted by Gasteiger charge is 2.32. The van der Waals surface area contributed by atoms with Gasteiger partial charge in [0.1, 0.15) is 11.7 Å². The van der Waals surface area contributed by atoms with Crippen molar-refractivity contribution >= 4 is 69.7 Å². The summed E-state index contributed by atoms with van der Waals surface area (Å²) in [5.41, 5.74) is 0.997. The lowest BCUT2D eigenvalue weighted by Gasteiger charge is -2.12. The molecule has 1 N–H and O–H groups in total. The summed E-state index contributed by atoms with van der Waals surface area (Å²) in [7, 11) is 0. The molecule has 1 aromatic carbocycles. The highest BCUT2D eigenvalue weighted by molar-refractivity contribution is 6.55. The largest absolute Gasteiger partial charge is 0.324 e. The van der Waals surface area contributed by atoms with Gasteiger partial charge in [0.25, 0.3) is 0 Å². The van der Waals surface area contributed by atoms with E-state index in [9.17, 15) is 0 Å². The minimum atomic E-state index is 0.144. The summed E-state index contributed by atoms with van der Waals surface area (Å²) in [4.78, 5) is 17.4. The predicted octanol–water partition coefficient (Wildman–Crippen LogP) is 6.04. The molecule has 1 aliphatic heterocycles. The summed E-state index contributed by atoms with van der Waals surface area (Å²) in [6.07, 6.45) is 3.29. The zero-order valence-corrected chi connectivity index (χ0v) is 16.4. The van der Waals surface area contributed by atoms with E-state index >= 15 is 0 Å². The van der Waals surface area contributed by atoms with Crippen LogP contribution in [0, 0.1) is 0 Å². The summed E-state index contributed by atoms with van der Waals surface area (Å²) in [6, 6.07) is 10.8. The van der Waals surface area contributed by atoms with E-state index in [1.54, 1.807) is 30.6 Å². The van der Waals surface area contributed by atoms with Gasteiger partial charge >= 0.3 is 0 Å². The van der Waals surface area contributed by atoms with Crippen LogP contribution in [0.4, 0.5) is 11.6 Å². The highest BCUT2D eigenvalue weighted by atomic mass is 35.5. The number of halogens is 4. The Morgan fingerprint density at radius 3 is 2.04 bits per heavy atom. The van der Waals surface area contributed by atoms with Crippen molar-refractivity contribution in [2.24, 2.45) is 9.98 Å². The van der Waals surface area contributed by atoms with Crippen LogP contribution in [0.25, 0.3) is 0 Å². The van der Waals surface area contributed by atoms with Gasteiger partial charge in [-0.1, -0.05) is 58.5 Å². The average molecular weight is 437 g/mol. The number of fused-ring (bicyclic) bond motifs is 1. The topological polar surface area (TPSA) is 62.5 Å². The first-order valence-electron chi connectivity index (χ1n) is 7.69. The first kappa shape index (κ1) is 18.2. The van der Waals surface area contributed by atoms with Gasteiger partial charge < -0.3 is 5.32 Å². The molecule has 0 fully saturated rings. The van der Waals surface area contributed by atoms with Crippen molar-refractivity contribution in [3.63, 3.8) is 0 Å². The summed E-state index contributed by atoms with van der Waals surface area (Å²) in [5, 5.41) is 3.86. The van der Waals surface area contributed by atoms with Crippen LogP contribution >= 0.6 is 46.4 Å². The maximum atomic E-state index is 6.46. The van der Waals surface area contributed by atoms with E-state index in [4.69, 9.17) is 46.4 Å². The lowest BCUT2D eigenvalue weighted by molar-refractivity contribution is 1.27. The Hall–Kier alpha value is -2.18. The van der Waals surface area contributed by atoms with E-state index in [1.165, 1.54) is 0 Å². The van der Waals surface area contributed by atoms with Crippen LogP contribution in [0.15, 0.2) is 58.8 Å². The van der Waals surface area contributed by atoms with E-state index < -0.39 is 0 Å². The molecule has 0 aliphatic carbocycles. The Balaban J connectivity index is 1.91. The van der Waals surface area contributed by atoms with E-state index in [2.05, 4.69) is 25.3 Å². The summed E-state index contributed by atoms with van der Waals surface area (Å²) in [6.45, 7) is 0. The Kier molecular flexibility index (Phi) is 5.02. The second-order valence-electron chi connectivity index (χ2n) is 5.43. The van der Waals surface area contributed by atoms with Crippen molar-refractivity contribution in [2.75, 3.05) is 5.32 Å². The van der Waals surface area contributed by atoms with Crippen molar-refractivity contribution < 1.29 is 0 Å². The van der Waals surface area contributed by atoms with Crippen molar-refractivity contribution in [1.29, 1.82) is 0 Å². The molecule has 0 spiro atoms. The fourth-order valence-electron chi connectivity index (χ4n) is 2.54. The van der Waals surface area contributed by atoms with E-state index in [0.717, 1.165) is 0 Å². The highest BCUT2D eigenvalue weighted by Crippen LogP contribution is 2.44. The molecule has 134 valence electrons. The van der Waals surface area contributed by atoms with Crippen LogP contribution in [0.3, 0.4) is 0 Å². The van der Waals surface area contributed by atoms with E-state index in [1.807, 2.05) is 18.2 Å². The maximum absolute atomic E-state index is 6.46. The van der Waals surface area contributed by atoms with Crippen LogP contribution in [0.5, 0.6) is 0 Å². The number of nitrogens with zero attached hydrogens (tertiary/aromatic N) is 4. The number of pyridine rings is 2. The standard InChI is InChI=1S/C18H9Cl4N5/c19-13-11-12(14(20)16(22)15(13)21)18(26-10-6-2-4-8-24-10)27-17(11)25-9-5-1-3-7-23-9/h1-8H,(H,23,24,25,26,27). The first-order chi connectivity index (χ1) is 13.1. The van der Waals surface area contributed by atoms with Gasteiger partial charge in [-0.15, -0.1) is 0 Å². The van der Waals surface area contributed by atoms with Crippen molar-refractivity contribution in [2.45, 2.75) is 0 Å². The smallest absolute Gasteiger partial charge is 0.166 e. The van der Waals surface area contributed by atoms with Gasteiger partial charge in [-0.3, -0.25) is 0 Å². The van der Waals surface area contributed by atoms with Gasteiger partial charge in [0.15, 0.2) is 11.7 Å². The maximum Gasteiger partial charge on any atom is 0.166 e. The third-order valence-corrected chi connectivity index (χ3v) is 5.53. The average Bonchev–Trinajstić information content (AvgIpc) is 3.04. The number of amidine groups is 2. The fraction of sp³-hybridized carbons (Fsp3) is 0. The van der Waals surface area contributed by atoms with E-state index in [0.29, 0.717) is 34.4 Å². The first-order valence-corrected chi connectivity index (χ1v) is 9.20. The number of anilines is 1. The molecule has 1 aliphatic rings. The van der Waals surface area contributed by atoms with Gasteiger partial charge in [-0.2, -0.15) is 0 Å². The normalized spacial score (nSPS) is 14.2. The molecular formula is C18H9Cl4N5. The molecule has 0 unspecified atom stereocenters. The Labute approximate surface area is 174 Å². The monoisotopic (exact) mass is 435 g/mol. The van der Waals surface area contributed by atoms with Crippen LogP contribution in [-0.4, -0.2) is 21.6 Å². The molecular weight excluding hydrogens is 428 g/mol. The zero-order chi connectivity index (χ0) is 19.0. The summed E-state index contributed by atoms with van der Waals surface area (Å²) in [5.74, 6) is 1.80. The molecule has 2 aromatic heterocycles. The van der Waals surface area contributed by atoms with Crippen LogP contribution in [0.2, 0.25) is 20.1 Å². The molecule has 0 radical (unpaired) electrons. The predicted molar refractivity (Wildman–Crippen MR) is 111 cm³/mol. The number of benzene rings is 1. The van der Waals surface area contributed by atoms with Gasteiger partial charge in [-0.05, 0) is 24.3 Å². The fourth-order valence-corrected chi connectivity index (χ4v) is 3.57.